The lowest BCUT2D eigenvalue weighted by Crippen LogP contribution is -1.88. The molecule has 15 heavy (non-hydrogen) atoms. The Balaban J connectivity index is 2.14. The Morgan fingerprint density at radius 1 is 1.07 bits per heavy atom. The number of nitrogens with zero attached hydrogens (tertiary/aromatic N) is 4. The summed E-state index contributed by atoms with van der Waals surface area (Å²) >= 11 is 0. The molecule has 0 aliphatic heterocycles. The van der Waals surface area contributed by atoms with E-state index < -0.39 is 0 Å². The molecule has 0 bridgehead atoms. The number of carbonyl (C=O) groups is 1. The van der Waals surface area contributed by atoms with Crippen molar-refractivity contribution in [1.29, 1.82) is 0 Å². The van der Waals surface area contributed by atoms with Crippen LogP contribution in [0.25, 0.3) is 0 Å². The summed E-state index contributed by atoms with van der Waals surface area (Å²) in [6.45, 7) is 0. The van der Waals surface area contributed by atoms with E-state index in [1.807, 2.05) is 12.1 Å². The zero-order valence-corrected chi connectivity index (χ0v) is 7.82. The second-order valence-corrected chi connectivity index (χ2v) is 2.87. The smallest absolute Gasteiger partial charge is 0.150 e. The van der Waals surface area contributed by atoms with Gasteiger partial charge in [-0.05, 0) is 5.56 Å². The maximum Gasteiger partial charge on any atom is 0.150 e. The predicted octanol–water partition coefficient (Wildman–Crippen LogP) is 0.973. The van der Waals surface area contributed by atoms with E-state index in [0.717, 1.165) is 11.8 Å². The maximum atomic E-state index is 10.4. The number of hydrogen-bond donors (Lipinski definition) is 0. The minimum absolute atomic E-state index is 0.649. The normalized spacial score (nSPS) is 10.7. The Hall–Kier alpha value is -2.30. The molecule has 0 aliphatic rings. The fraction of sp³-hybridized carbons (Fsp3) is 0. The van der Waals surface area contributed by atoms with Crippen molar-refractivity contribution < 1.29 is 4.79 Å². The molecular formula is C10H8N4O. The van der Waals surface area contributed by atoms with Crippen molar-refractivity contribution in [1.82, 2.24) is 14.9 Å². The molecule has 2 rings (SSSR count). The van der Waals surface area contributed by atoms with Gasteiger partial charge in [0.2, 0.25) is 0 Å². The molecule has 0 unspecified atom stereocenters. The van der Waals surface area contributed by atoms with Crippen LogP contribution in [0.5, 0.6) is 0 Å². The van der Waals surface area contributed by atoms with E-state index in [-0.39, 0.29) is 0 Å². The van der Waals surface area contributed by atoms with Gasteiger partial charge in [-0.1, -0.05) is 24.3 Å². The van der Waals surface area contributed by atoms with Crippen LogP contribution in [0, 0.1) is 0 Å². The van der Waals surface area contributed by atoms with Gasteiger partial charge in [0, 0.05) is 5.56 Å². The second kappa shape index (κ2) is 4.28. The molecule has 5 heteroatoms. The standard InChI is InChI=1S/C10H8N4O/c15-6-10-3-1-9(2-4-10)5-13-14-7-11-12-8-14/h1-8H. The molecule has 1 aromatic heterocycles. The minimum atomic E-state index is 0.649. The Bertz CT molecular complexity index is 459. The van der Waals surface area contributed by atoms with Crippen LogP contribution in [-0.4, -0.2) is 27.4 Å². The van der Waals surface area contributed by atoms with Gasteiger partial charge in [-0.2, -0.15) is 5.10 Å². The first kappa shape index (κ1) is 9.26. The third-order valence-corrected chi connectivity index (χ3v) is 1.82. The first-order valence-corrected chi connectivity index (χ1v) is 4.33. The van der Waals surface area contributed by atoms with Crippen molar-refractivity contribution in [2.24, 2.45) is 5.10 Å². The number of aromatic nitrogens is 3. The maximum absolute atomic E-state index is 10.4. The van der Waals surface area contributed by atoms with E-state index in [2.05, 4.69) is 15.3 Å². The van der Waals surface area contributed by atoms with Gasteiger partial charge in [0.25, 0.3) is 0 Å². The molecule has 5 nitrogen and oxygen atoms in total. The Morgan fingerprint density at radius 3 is 2.27 bits per heavy atom. The molecular weight excluding hydrogens is 192 g/mol. The van der Waals surface area contributed by atoms with Crippen molar-refractivity contribution in [3.8, 4) is 0 Å². The molecule has 0 spiro atoms. The van der Waals surface area contributed by atoms with Gasteiger partial charge in [-0.25, -0.2) is 4.68 Å². The minimum Gasteiger partial charge on any atom is -0.298 e. The Labute approximate surface area is 86.1 Å². The van der Waals surface area contributed by atoms with Crippen molar-refractivity contribution >= 4 is 12.5 Å². The summed E-state index contributed by atoms with van der Waals surface area (Å²) < 4.78 is 1.49. The van der Waals surface area contributed by atoms with Crippen LogP contribution < -0.4 is 0 Å². The van der Waals surface area contributed by atoms with Gasteiger partial charge in [0.05, 0.1) is 6.21 Å². The largest absolute Gasteiger partial charge is 0.298 e. The topological polar surface area (TPSA) is 60.1 Å². The van der Waals surface area contributed by atoms with Crippen LogP contribution in [0.15, 0.2) is 42.0 Å². The van der Waals surface area contributed by atoms with E-state index in [0.29, 0.717) is 5.56 Å². The summed E-state index contributed by atoms with van der Waals surface area (Å²) in [7, 11) is 0. The summed E-state index contributed by atoms with van der Waals surface area (Å²) in [4.78, 5) is 10.4. The molecule has 0 N–H and O–H groups in total. The van der Waals surface area contributed by atoms with Crippen LogP contribution in [-0.2, 0) is 0 Å². The predicted molar refractivity (Wildman–Crippen MR) is 54.8 cm³/mol. The summed E-state index contributed by atoms with van der Waals surface area (Å²) in [6.07, 6.45) is 5.46. The van der Waals surface area contributed by atoms with Crippen LogP contribution in [0.2, 0.25) is 0 Å². The molecule has 0 atom stereocenters. The van der Waals surface area contributed by atoms with Crippen molar-refractivity contribution in [2.45, 2.75) is 0 Å². The average Bonchev–Trinajstić information content (AvgIpc) is 2.80. The lowest BCUT2D eigenvalue weighted by atomic mass is 10.2. The highest BCUT2D eigenvalue weighted by molar-refractivity contribution is 5.82. The molecule has 0 aliphatic carbocycles. The summed E-state index contributed by atoms with van der Waals surface area (Å²) in [6, 6.07) is 7.11. The molecule has 0 radical (unpaired) electrons. The van der Waals surface area contributed by atoms with E-state index >= 15 is 0 Å². The zero-order chi connectivity index (χ0) is 10.5. The highest BCUT2D eigenvalue weighted by Gasteiger charge is 1.90. The molecule has 0 fully saturated rings. The number of aldehydes is 1. The highest BCUT2D eigenvalue weighted by atomic mass is 16.1. The van der Waals surface area contributed by atoms with Crippen molar-refractivity contribution in [3.05, 3.63) is 48.0 Å². The molecule has 1 heterocycles. The first-order valence-electron chi connectivity index (χ1n) is 4.33. The van der Waals surface area contributed by atoms with Crippen molar-refractivity contribution in [2.75, 3.05) is 0 Å². The summed E-state index contributed by atoms with van der Waals surface area (Å²) in [5.74, 6) is 0. The lowest BCUT2D eigenvalue weighted by molar-refractivity contribution is 0.112. The molecule has 74 valence electrons. The SMILES string of the molecule is O=Cc1ccc(C=Nn2cnnc2)cc1. The third kappa shape index (κ3) is 2.34. The molecule has 0 amide bonds. The van der Waals surface area contributed by atoms with Crippen LogP contribution in [0.4, 0.5) is 0 Å². The van der Waals surface area contributed by atoms with E-state index in [1.54, 1.807) is 18.3 Å². The Morgan fingerprint density at radius 2 is 1.67 bits per heavy atom. The average molecular weight is 200 g/mol. The fourth-order valence-electron chi connectivity index (χ4n) is 1.05. The van der Waals surface area contributed by atoms with Gasteiger partial charge < -0.3 is 0 Å². The van der Waals surface area contributed by atoms with Gasteiger partial charge in [-0.3, -0.25) is 4.79 Å². The quantitative estimate of drug-likeness (QED) is 0.548. The molecule has 0 saturated heterocycles. The van der Waals surface area contributed by atoms with Gasteiger partial charge >= 0.3 is 0 Å². The summed E-state index contributed by atoms with van der Waals surface area (Å²) in [5.41, 5.74) is 1.56. The van der Waals surface area contributed by atoms with Gasteiger partial charge in [0.15, 0.2) is 0 Å². The van der Waals surface area contributed by atoms with E-state index in [9.17, 15) is 4.79 Å². The Kier molecular flexibility index (Phi) is 2.64. The number of hydrogen-bond acceptors (Lipinski definition) is 4. The highest BCUT2D eigenvalue weighted by Crippen LogP contribution is 1.99. The van der Waals surface area contributed by atoms with E-state index in [4.69, 9.17) is 0 Å². The van der Waals surface area contributed by atoms with Crippen LogP contribution in [0.3, 0.4) is 0 Å². The second-order valence-electron chi connectivity index (χ2n) is 2.87. The summed E-state index contributed by atoms with van der Waals surface area (Å²) in [5, 5.41) is 11.3. The van der Waals surface area contributed by atoms with Crippen molar-refractivity contribution in [3.63, 3.8) is 0 Å². The number of rotatable bonds is 3. The van der Waals surface area contributed by atoms with Crippen LogP contribution >= 0.6 is 0 Å². The molecule has 0 saturated carbocycles. The van der Waals surface area contributed by atoms with Crippen LogP contribution in [0.1, 0.15) is 15.9 Å². The number of carbonyl (C=O) groups excluding carboxylic acids is 1. The zero-order valence-electron chi connectivity index (χ0n) is 7.82. The van der Waals surface area contributed by atoms with E-state index in [1.165, 1.54) is 17.3 Å². The monoisotopic (exact) mass is 200 g/mol. The van der Waals surface area contributed by atoms with Gasteiger partial charge in [-0.15, -0.1) is 10.2 Å². The first-order chi connectivity index (χ1) is 7.38. The number of benzene rings is 1. The van der Waals surface area contributed by atoms with Gasteiger partial charge in [0.1, 0.15) is 18.9 Å². The fourth-order valence-corrected chi connectivity index (χ4v) is 1.05. The third-order valence-electron chi connectivity index (χ3n) is 1.82. The lowest BCUT2D eigenvalue weighted by Gasteiger charge is -1.93. The molecule has 2 aromatic rings. The molecule has 1 aromatic carbocycles.